The molecule has 0 fully saturated rings. The number of nitrogens with one attached hydrogen (secondary N) is 1. The van der Waals surface area contributed by atoms with E-state index in [-0.39, 0.29) is 0 Å². The molecule has 1 aliphatic rings. The number of allylic oxidation sites excluding steroid dienone is 1. The maximum atomic E-state index is 9.58. The highest BCUT2D eigenvalue weighted by atomic mass is 15.3. The molecule has 1 aliphatic heterocycles. The highest BCUT2D eigenvalue weighted by Crippen LogP contribution is 2.22. The number of rotatable bonds is 2. The van der Waals surface area contributed by atoms with Gasteiger partial charge in [-0.3, -0.25) is 0 Å². The molecule has 0 unspecified atom stereocenters. The van der Waals surface area contributed by atoms with Crippen LogP contribution < -0.4 is 0 Å². The van der Waals surface area contributed by atoms with Crippen LogP contribution in [0.2, 0.25) is 0 Å². The second-order valence-corrected chi connectivity index (χ2v) is 5.75. The number of fused-ring (bicyclic) bond motifs is 2. The fourth-order valence-corrected chi connectivity index (χ4v) is 3.04. The largest absolute Gasteiger partial charge is 0.345 e. The first-order valence-electron chi connectivity index (χ1n) is 7.82. The van der Waals surface area contributed by atoms with Crippen LogP contribution in [0.5, 0.6) is 0 Å². The lowest BCUT2D eigenvalue weighted by Crippen LogP contribution is -2.05. The van der Waals surface area contributed by atoms with Crippen LogP contribution in [0.15, 0.2) is 24.5 Å². The zero-order valence-corrected chi connectivity index (χ0v) is 12.7. The first-order valence-corrected chi connectivity index (χ1v) is 7.82. The maximum Gasteiger partial charge on any atom is 0.174 e. The fourth-order valence-electron chi connectivity index (χ4n) is 3.04. The summed E-state index contributed by atoms with van der Waals surface area (Å²) in [4.78, 5) is 7.30. The van der Waals surface area contributed by atoms with Crippen molar-refractivity contribution in [2.24, 2.45) is 0 Å². The number of aromatic amines is 1. The first-order chi connectivity index (χ1) is 11.3. The van der Waals surface area contributed by atoms with Crippen LogP contribution in [0.25, 0.3) is 22.7 Å². The summed E-state index contributed by atoms with van der Waals surface area (Å²) < 4.78 is 2.09. The van der Waals surface area contributed by atoms with Crippen molar-refractivity contribution in [1.29, 1.82) is 5.26 Å². The van der Waals surface area contributed by atoms with Gasteiger partial charge in [-0.1, -0.05) is 12.5 Å². The van der Waals surface area contributed by atoms with Crippen LogP contribution in [0.1, 0.15) is 36.5 Å². The van der Waals surface area contributed by atoms with E-state index in [1.807, 2.05) is 24.3 Å². The Morgan fingerprint density at radius 3 is 3.13 bits per heavy atom. The third kappa shape index (κ3) is 2.50. The fraction of sp³-hybridized carbons (Fsp3) is 0.294. The van der Waals surface area contributed by atoms with Crippen LogP contribution in [0.4, 0.5) is 0 Å². The number of benzene rings is 1. The standard InChI is InChI=1S/C17H16N6/c18-10-13(8-12-5-6-14-15(9-12)20-11-19-14)17-22-21-16-4-2-1-3-7-23(16)17/h5-6,8-9,11H,1-4,7H2,(H,19,20). The number of aryl methyl sites for hydroxylation is 1. The molecular formula is C17H16N6. The van der Waals surface area contributed by atoms with Gasteiger partial charge in [0.1, 0.15) is 11.9 Å². The number of H-pyrrole nitrogens is 1. The molecule has 0 bridgehead atoms. The van der Waals surface area contributed by atoms with Crippen LogP contribution in [-0.2, 0) is 13.0 Å². The van der Waals surface area contributed by atoms with Gasteiger partial charge in [-0.25, -0.2) is 4.98 Å². The van der Waals surface area contributed by atoms with Crippen molar-refractivity contribution in [3.8, 4) is 6.07 Å². The van der Waals surface area contributed by atoms with E-state index < -0.39 is 0 Å². The van der Waals surface area contributed by atoms with E-state index >= 15 is 0 Å². The Morgan fingerprint density at radius 2 is 2.22 bits per heavy atom. The van der Waals surface area contributed by atoms with Gasteiger partial charge in [-0.15, -0.1) is 10.2 Å². The Kier molecular flexibility index (Phi) is 3.39. The van der Waals surface area contributed by atoms with Gasteiger partial charge in [0.2, 0.25) is 0 Å². The Morgan fingerprint density at radius 1 is 1.26 bits per heavy atom. The van der Waals surface area contributed by atoms with Crippen molar-refractivity contribution >= 4 is 22.7 Å². The number of nitriles is 1. The molecule has 0 radical (unpaired) electrons. The van der Waals surface area contributed by atoms with Crippen molar-refractivity contribution < 1.29 is 0 Å². The van der Waals surface area contributed by atoms with Gasteiger partial charge in [-0.05, 0) is 36.6 Å². The lowest BCUT2D eigenvalue weighted by molar-refractivity contribution is 0.627. The molecule has 114 valence electrons. The minimum Gasteiger partial charge on any atom is -0.345 e. The molecule has 4 rings (SSSR count). The Labute approximate surface area is 133 Å². The number of nitrogens with zero attached hydrogens (tertiary/aromatic N) is 5. The number of aromatic nitrogens is 5. The van der Waals surface area contributed by atoms with Crippen molar-refractivity contribution in [2.45, 2.75) is 32.2 Å². The third-order valence-electron chi connectivity index (χ3n) is 4.23. The Bertz CT molecular complexity index is 924. The average molecular weight is 304 g/mol. The lowest BCUT2D eigenvalue weighted by Gasteiger charge is -2.05. The summed E-state index contributed by atoms with van der Waals surface area (Å²) in [7, 11) is 0. The quantitative estimate of drug-likeness (QED) is 0.738. The predicted octanol–water partition coefficient (Wildman–Crippen LogP) is 2.94. The monoisotopic (exact) mass is 304 g/mol. The third-order valence-corrected chi connectivity index (χ3v) is 4.23. The zero-order valence-electron chi connectivity index (χ0n) is 12.7. The summed E-state index contributed by atoms with van der Waals surface area (Å²) in [6.45, 7) is 0.885. The Hall–Kier alpha value is -2.94. The molecule has 0 amide bonds. The van der Waals surface area contributed by atoms with Gasteiger partial charge in [0.05, 0.1) is 22.9 Å². The van der Waals surface area contributed by atoms with E-state index in [0.29, 0.717) is 11.4 Å². The second kappa shape index (κ2) is 5.69. The average Bonchev–Trinajstić information content (AvgIpc) is 3.13. The molecule has 6 heteroatoms. The van der Waals surface area contributed by atoms with Crippen LogP contribution in [0, 0.1) is 11.3 Å². The lowest BCUT2D eigenvalue weighted by atomic mass is 10.1. The van der Waals surface area contributed by atoms with Gasteiger partial charge in [0, 0.05) is 13.0 Å². The van der Waals surface area contributed by atoms with Crippen LogP contribution >= 0.6 is 0 Å². The Balaban J connectivity index is 1.76. The van der Waals surface area contributed by atoms with E-state index in [2.05, 4.69) is 30.8 Å². The van der Waals surface area contributed by atoms with Gasteiger partial charge < -0.3 is 9.55 Å². The van der Waals surface area contributed by atoms with Crippen molar-refractivity contribution in [2.75, 3.05) is 0 Å². The van der Waals surface area contributed by atoms with Gasteiger partial charge >= 0.3 is 0 Å². The van der Waals surface area contributed by atoms with Gasteiger partial charge in [-0.2, -0.15) is 5.26 Å². The van der Waals surface area contributed by atoms with E-state index in [1.165, 1.54) is 6.42 Å². The van der Waals surface area contributed by atoms with E-state index in [1.54, 1.807) is 6.33 Å². The van der Waals surface area contributed by atoms with Gasteiger partial charge in [0.15, 0.2) is 5.82 Å². The van der Waals surface area contributed by atoms with E-state index in [9.17, 15) is 5.26 Å². The maximum absolute atomic E-state index is 9.58. The molecule has 6 nitrogen and oxygen atoms in total. The molecule has 0 saturated carbocycles. The number of hydrogen-bond donors (Lipinski definition) is 1. The zero-order chi connectivity index (χ0) is 15.6. The summed E-state index contributed by atoms with van der Waals surface area (Å²) in [5, 5.41) is 18.1. The highest BCUT2D eigenvalue weighted by molar-refractivity contribution is 5.89. The van der Waals surface area contributed by atoms with Crippen molar-refractivity contribution in [1.82, 2.24) is 24.7 Å². The molecule has 1 N–H and O–H groups in total. The van der Waals surface area contributed by atoms with E-state index in [4.69, 9.17) is 0 Å². The smallest absolute Gasteiger partial charge is 0.174 e. The SMILES string of the molecule is N#CC(=Cc1ccc2nc[nH]c2c1)c1nnc2n1CCCCC2. The van der Waals surface area contributed by atoms with Crippen LogP contribution in [-0.4, -0.2) is 24.7 Å². The molecular weight excluding hydrogens is 288 g/mol. The summed E-state index contributed by atoms with van der Waals surface area (Å²) >= 11 is 0. The summed E-state index contributed by atoms with van der Waals surface area (Å²) in [6.07, 6.45) is 7.91. The molecule has 0 atom stereocenters. The predicted molar refractivity (Wildman–Crippen MR) is 87.2 cm³/mol. The van der Waals surface area contributed by atoms with Crippen molar-refractivity contribution in [3.05, 3.63) is 41.7 Å². The summed E-state index contributed by atoms with van der Waals surface area (Å²) in [6, 6.07) is 8.16. The van der Waals surface area contributed by atoms with Gasteiger partial charge in [0.25, 0.3) is 0 Å². The molecule has 2 aromatic heterocycles. The molecule has 3 aromatic rings. The first kappa shape index (κ1) is 13.7. The molecule has 1 aromatic carbocycles. The summed E-state index contributed by atoms with van der Waals surface area (Å²) in [5.74, 6) is 1.66. The summed E-state index contributed by atoms with van der Waals surface area (Å²) in [5.41, 5.74) is 3.36. The second-order valence-electron chi connectivity index (χ2n) is 5.75. The topological polar surface area (TPSA) is 83.2 Å². The molecule has 3 heterocycles. The highest BCUT2D eigenvalue weighted by Gasteiger charge is 2.17. The van der Waals surface area contributed by atoms with Crippen LogP contribution in [0.3, 0.4) is 0 Å². The molecule has 0 saturated heterocycles. The number of imidazole rings is 1. The van der Waals surface area contributed by atoms with E-state index in [0.717, 1.165) is 48.2 Å². The number of hydrogen-bond acceptors (Lipinski definition) is 4. The molecule has 0 aliphatic carbocycles. The normalized spacial score (nSPS) is 15.2. The minimum absolute atomic E-state index is 0.546. The van der Waals surface area contributed by atoms with Crippen molar-refractivity contribution in [3.63, 3.8) is 0 Å². The minimum atomic E-state index is 0.546. The molecule has 23 heavy (non-hydrogen) atoms. The molecule has 0 spiro atoms.